The fourth-order valence-corrected chi connectivity index (χ4v) is 4.64. The summed E-state index contributed by atoms with van der Waals surface area (Å²) >= 11 is 0. The molecule has 0 aliphatic carbocycles. The van der Waals surface area contributed by atoms with Crippen LogP contribution in [0.5, 0.6) is 5.75 Å². The van der Waals surface area contributed by atoms with E-state index in [2.05, 4.69) is 19.1 Å². The molecule has 0 fully saturated rings. The third kappa shape index (κ3) is 12.1. The highest BCUT2D eigenvalue weighted by molar-refractivity contribution is 5.86. The second-order valence-electron chi connectivity index (χ2n) is 10.1. The third-order valence-electron chi connectivity index (χ3n) is 7.00. The van der Waals surface area contributed by atoms with Crippen LogP contribution in [0.4, 0.5) is 0 Å². The van der Waals surface area contributed by atoms with Crippen LogP contribution >= 0.6 is 0 Å². The minimum absolute atomic E-state index is 0.180. The van der Waals surface area contributed by atoms with E-state index in [1.807, 2.05) is 50.4 Å². The Kier molecular flexibility index (Phi) is 15.7. The molecule has 3 heteroatoms. The molecule has 0 radical (unpaired) electrons. The van der Waals surface area contributed by atoms with Crippen molar-refractivity contribution < 1.29 is 14.3 Å². The Morgan fingerprint density at radius 2 is 1.31 bits per heavy atom. The van der Waals surface area contributed by atoms with Gasteiger partial charge in [-0.05, 0) is 61.2 Å². The van der Waals surface area contributed by atoms with Crippen molar-refractivity contribution >= 4 is 16.7 Å². The molecule has 0 amide bonds. The average Bonchev–Trinajstić information content (AvgIpc) is 2.89. The summed E-state index contributed by atoms with van der Waals surface area (Å²) in [4.78, 5) is 12.0. The van der Waals surface area contributed by atoms with Crippen LogP contribution in [0.3, 0.4) is 0 Å². The molecule has 3 nitrogen and oxygen atoms in total. The number of rotatable bonds is 20. The number of unbranched alkanes of at least 4 members (excludes halogenated alkanes) is 14. The molecule has 0 saturated heterocycles. The number of fused-ring (bicyclic) bond motifs is 1. The highest BCUT2D eigenvalue weighted by Crippen LogP contribution is 2.26. The van der Waals surface area contributed by atoms with Gasteiger partial charge >= 0.3 is 5.97 Å². The maximum atomic E-state index is 12.0. The fraction of sp³-hybridized carbons (Fsp3) is 0.606. The number of allylic oxidation sites excluding steroid dienone is 1. The van der Waals surface area contributed by atoms with Gasteiger partial charge in [-0.25, -0.2) is 0 Å². The van der Waals surface area contributed by atoms with E-state index in [9.17, 15) is 4.79 Å². The summed E-state index contributed by atoms with van der Waals surface area (Å²) in [5.41, 5.74) is 0.975. The highest BCUT2D eigenvalue weighted by atomic mass is 16.5. The summed E-state index contributed by atoms with van der Waals surface area (Å²) in [5, 5.41) is 2.20. The second-order valence-corrected chi connectivity index (χ2v) is 10.1. The summed E-state index contributed by atoms with van der Waals surface area (Å²) in [5.74, 6) is 0.398. The van der Waals surface area contributed by atoms with Crippen molar-refractivity contribution in [3.8, 4) is 5.75 Å². The zero-order chi connectivity index (χ0) is 25.8. The second kappa shape index (κ2) is 18.9. The molecular weight excluding hydrogens is 444 g/mol. The van der Waals surface area contributed by atoms with Gasteiger partial charge in [0.2, 0.25) is 0 Å². The summed E-state index contributed by atoms with van der Waals surface area (Å²) < 4.78 is 11.0. The van der Waals surface area contributed by atoms with Gasteiger partial charge in [0.25, 0.3) is 0 Å². The predicted octanol–water partition coefficient (Wildman–Crippen LogP) is 10.3. The van der Waals surface area contributed by atoms with Crippen LogP contribution in [-0.2, 0) is 9.53 Å². The normalized spacial score (nSPS) is 12.3. The summed E-state index contributed by atoms with van der Waals surface area (Å²) in [6.07, 6.45) is 24.5. The van der Waals surface area contributed by atoms with Gasteiger partial charge < -0.3 is 9.47 Å². The van der Waals surface area contributed by atoms with E-state index in [0.29, 0.717) is 6.61 Å². The van der Waals surface area contributed by atoms with Crippen LogP contribution in [0.1, 0.15) is 129 Å². The molecule has 0 unspecified atom stereocenters. The lowest BCUT2D eigenvalue weighted by Crippen LogP contribution is -2.12. The lowest BCUT2D eigenvalue weighted by atomic mass is 9.98. The van der Waals surface area contributed by atoms with Crippen LogP contribution in [-0.4, -0.2) is 12.6 Å². The van der Waals surface area contributed by atoms with Crippen LogP contribution in [0.25, 0.3) is 10.8 Å². The molecular formula is C33H50O3. The van der Waals surface area contributed by atoms with Crippen molar-refractivity contribution in [3.05, 3.63) is 54.3 Å². The quantitative estimate of drug-likeness (QED) is 0.104. The maximum absolute atomic E-state index is 12.0. The molecule has 0 bridgehead atoms. The molecule has 2 aromatic carbocycles. The van der Waals surface area contributed by atoms with Crippen LogP contribution in [0.2, 0.25) is 0 Å². The SMILES string of the molecule is CCCCCCCCCCCCCCCC/C=C\Oc1ccc2cc([C@H](C)C(=O)OCC)ccc2c1. The van der Waals surface area contributed by atoms with Gasteiger partial charge in [-0.3, -0.25) is 4.79 Å². The van der Waals surface area contributed by atoms with E-state index >= 15 is 0 Å². The number of carbonyl (C=O) groups is 1. The van der Waals surface area contributed by atoms with Crippen molar-refractivity contribution in [2.45, 2.75) is 123 Å². The smallest absolute Gasteiger partial charge is 0.313 e. The average molecular weight is 495 g/mol. The topological polar surface area (TPSA) is 35.5 Å². The fourth-order valence-electron chi connectivity index (χ4n) is 4.64. The summed E-state index contributed by atoms with van der Waals surface area (Å²) in [6, 6.07) is 12.2. The predicted molar refractivity (Wildman–Crippen MR) is 154 cm³/mol. The Morgan fingerprint density at radius 3 is 1.92 bits per heavy atom. The van der Waals surface area contributed by atoms with E-state index in [0.717, 1.165) is 28.5 Å². The molecule has 0 aliphatic heterocycles. The Labute approximate surface area is 220 Å². The minimum atomic E-state index is -0.261. The number of hydrogen-bond acceptors (Lipinski definition) is 3. The molecule has 1 atom stereocenters. The lowest BCUT2D eigenvalue weighted by molar-refractivity contribution is -0.144. The lowest BCUT2D eigenvalue weighted by Gasteiger charge is -2.12. The first kappa shape index (κ1) is 29.9. The summed E-state index contributed by atoms with van der Waals surface area (Å²) in [6.45, 7) is 6.41. The molecule has 0 heterocycles. The third-order valence-corrected chi connectivity index (χ3v) is 7.00. The Hall–Kier alpha value is -2.29. The van der Waals surface area contributed by atoms with Crippen molar-refractivity contribution in [3.63, 3.8) is 0 Å². The van der Waals surface area contributed by atoms with Crippen molar-refractivity contribution in [1.29, 1.82) is 0 Å². The standard InChI is InChI=1S/C33H50O3/c1-4-6-7-8-9-10-11-12-13-14-15-16-17-18-19-20-25-36-32-24-23-30-26-29(21-22-31(30)27-32)28(3)33(34)35-5-2/h20-28H,4-19H2,1-3H3/b25-20-/t28-/m0/s1. The van der Waals surface area contributed by atoms with Crippen LogP contribution in [0.15, 0.2) is 48.7 Å². The first-order valence-electron chi connectivity index (χ1n) is 14.7. The Balaban J connectivity index is 1.54. The molecule has 200 valence electrons. The summed E-state index contributed by atoms with van der Waals surface area (Å²) in [7, 11) is 0. The van der Waals surface area contributed by atoms with Crippen molar-refractivity contribution in [2.75, 3.05) is 6.61 Å². The van der Waals surface area contributed by atoms with E-state index in [-0.39, 0.29) is 11.9 Å². The molecule has 2 rings (SSSR count). The zero-order valence-corrected chi connectivity index (χ0v) is 23.2. The molecule has 2 aromatic rings. The minimum Gasteiger partial charge on any atom is -0.466 e. The molecule has 0 spiro atoms. The Morgan fingerprint density at radius 1 is 0.750 bits per heavy atom. The van der Waals surface area contributed by atoms with Crippen LogP contribution < -0.4 is 4.74 Å². The number of esters is 1. The van der Waals surface area contributed by atoms with E-state index in [1.54, 1.807) is 0 Å². The zero-order valence-electron chi connectivity index (χ0n) is 23.2. The number of carbonyl (C=O) groups excluding carboxylic acids is 1. The molecule has 0 aromatic heterocycles. The number of benzene rings is 2. The van der Waals surface area contributed by atoms with Crippen molar-refractivity contribution in [1.82, 2.24) is 0 Å². The van der Waals surface area contributed by atoms with E-state index < -0.39 is 0 Å². The molecule has 0 aliphatic rings. The van der Waals surface area contributed by atoms with Gasteiger partial charge in [-0.2, -0.15) is 0 Å². The first-order chi connectivity index (χ1) is 17.7. The van der Waals surface area contributed by atoms with Crippen LogP contribution in [0, 0.1) is 0 Å². The molecule has 36 heavy (non-hydrogen) atoms. The number of ether oxygens (including phenoxy) is 2. The van der Waals surface area contributed by atoms with Crippen molar-refractivity contribution in [2.24, 2.45) is 0 Å². The van der Waals surface area contributed by atoms with Gasteiger partial charge in [0.15, 0.2) is 0 Å². The molecule has 0 N–H and O–H groups in total. The number of hydrogen-bond donors (Lipinski definition) is 0. The monoisotopic (exact) mass is 494 g/mol. The van der Waals surface area contributed by atoms with Gasteiger partial charge in [-0.15, -0.1) is 0 Å². The largest absolute Gasteiger partial charge is 0.466 e. The van der Waals surface area contributed by atoms with E-state index in [4.69, 9.17) is 9.47 Å². The molecule has 0 saturated carbocycles. The van der Waals surface area contributed by atoms with Gasteiger partial charge in [0, 0.05) is 0 Å². The van der Waals surface area contributed by atoms with Gasteiger partial charge in [0.05, 0.1) is 18.8 Å². The Bertz CT molecular complexity index is 886. The highest BCUT2D eigenvalue weighted by Gasteiger charge is 2.16. The maximum Gasteiger partial charge on any atom is 0.313 e. The van der Waals surface area contributed by atoms with Gasteiger partial charge in [0.1, 0.15) is 5.75 Å². The van der Waals surface area contributed by atoms with Gasteiger partial charge in [-0.1, -0.05) is 115 Å². The first-order valence-corrected chi connectivity index (χ1v) is 14.7. The van der Waals surface area contributed by atoms with E-state index in [1.165, 1.54) is 89.9 Å².